The third-order valence-electron chi connectivity index (χ3n) is 1.88. The lowest BCUT2D eigenvalue weighted by Crippen LogP contribution is -1.92. The molecule has 2 rings (SSSR count). The molecule has 4 heteroatoms. The van der Waals surface area contributed by atoms with Crippen LogP contribution in [-0.2, 0) is 0 Å². The molecule has 0 fully saturated rings. The Morgan fingerprint density at radius 3 is 2.73 bits per heavy atom. The Morgan fingerprint density at radius 2 is 2.07 bits per heavy atom. The average molecular weight is 204 g/mol. The molecular formula is C11H9FN2O. The number of rotatable bonds is 2. The Bertz CT molecular complexity index is 459. The van der Waals surface area contributed by atoms with Gasteiger partial charge in [0.1, 0.15) is 5.82 Å². The van der Waals surface area contributed by atoms with Crippen molar-refractivity contribution in [2.75, 3.05) is 5.32 Å². The molecule has 0 saturated heterocycles. The first-order valence-corrected chi connectivity index (χ1v) is 4.42. The molecule has 0 spiro atoms. The molecule has 0 bridgehead atoms. The highest BCUT2D eigenvalue weighted by Gasteiger charge is 2.01. The van der Waals surface area contributed by atoms with Crippen LogP contribution in [0, 0.1) is 5.82 Å². The van der Waals surface area contributed by atoms with Gasteiger partial charge >= 0.3 is 0 Å². The van der Waals surface area contributed by atoms with Crippen LogP contribution in [0.4, 0.5) is 15.9 Å². The maximum Gasteiger partial charge on any atom is 0.166 e. The minimum Gasteiger partial charge on any atom is -0.505 e. The van der Waals surface area contributed by atoms with Gasteiger partial charge in [0.15, 0.2) is 11.6 Å². The van der Waals surface area contributed by atoms with Crippen molar-refractivity contribution in [2.24, 2.45) is 0 Å². The van der Waals surface area contributed by atoms with Gasteiger partial charge in [-0.3, -0.25) is 0 Å². The fraction of sp³-hybridized carbons (Fsp3) is 0. The van der Waals surface area contributed by atoms with E-state index in [1.165, 1.54) is 12.1 Å². The summed E-state index contributed by atoms with van der Waals surface area (Å²) in [5.41, 5.74) is 0.545. The van der Waals surface area contributed by atoms with Gasteiger partial charge in [0, 0.05) is 18.0 Å². The molecule has 15 heavy (non-hydrogen) atoms. The molecule has 76 valence electrons. The Labute approximate surface area is 86.2 Å². The first-order chi connectivity index (χ1) is 7.25. The number of phenolic OH excluding ortho intramolecular Hbond substituents is 1. The maximum atomic E-state index is 13.0. The van der Waals surface area contributed by atoms with Gasteiger partial charge in [-0.05, 0) is 24.3 Å². The van der Waals surface area contributed by atoms with E-state index in [9.17, 15) is 4.39 Å². The number of phenols is 1. The van der Waals surface area contributed by atoms with E-state index in [0.717, 1.165) is 0 Å². The van der Waals surface area contributed by atoms with Crippen LogP contribution in [0.2, 0.25) is 0 Å². The van der Waals surface area contributed by atoms with Crippen molar-refractivity contribution >= 4 is 11.5 Å². The number of hydrogen-bond acceptors (Lipinski definition) is 3. The van der Waals surface area contributed by atoms with E-state index in [1.54, 1.807) is 24.4 Å². The summed E-state index contributed by atoms with van der Waals surface area (Å²) in [6.07, 6.45) is 1.64. The Kier molecular flexibility index (Phi) is 2.49. The van der Waals surface area contributed by atoms with Crippen LogP contribution in [0.3, 0.4) is 0 Å². The van der Waals surface area contributed by atoms with E-state index < -0.39 is 5.82 Å². The fourth-order valence-electron chi connectivity index (χ4n) is 1.17. The summed E-state index contributed by atoms with van der Waals surface area (Å²) in [5.74, 6) is -0.389. The molecule has 0 aliphatic heterocycles. The zero-order valence-electron chi connectivity index (χ0n) is 7.81. The smallest absolute Gasteiger partial charge is 0.166 e. The van der Waals surface area contributed by atoms with Crippen LogP contribution in [0.15, 0.2) is 42.6 Å². The predicted molar refractivity (Wildman–Crippen MR) is 55.6 cm³/mol. The molecule has 0 amide bonds. The van der Waals surface area contributed by atoms with Gasteiger partial charge in [-0.15, -0.1) is 0 Å². The van der Waals surface area contributed by atoms with Crippen molar-refractivity contribution in [2.45, 2.75) is 0 Å². The van der Waals surface area contributed by atoms with Crippen LogP contribution < -0.4 is 5.32 Å². The molecule has 0 aliphatic rings. The lowest BCUT2D eigenvalue weighted by Gasteiger charge is -2.05. The third kappa shape index (κ3) is 2.22. The summed E-state index contributed by atoms with van der Waals surface area (Å²) in [6.45, 7) is 0. The lowest BCUT2D eigenvalue weighted by atomic mass is 10.3. The van der Waals surface area contributed by atoms with E-state index in [0.29, 0.717) is 11.5 Å². The summed E-state index contributed by atoms with van der Waals surface area (Å²) in [7, 11) is 0. The number of aromatic hydroxyl groups is 1. The van der Waals surface area contributed by atoms with Gasteiger partial charge in [0.2, 0.25) is 0 Å². The van der Waals surface area contributed by atoms with Crippen molar-refractivity contribution in [3.05, 3.63) is 48.4 Å². The van der Waals surface area contributed by atoms with Crippen molar-refractivity contribution in [1.29, 1.82) is 0 Å². The number of nitrogens with one attached hydrogen (secondary N) is 1. The first kappa shape index (κ1) is 9.45. The van der Waals surface area contributed by atoms with E-state index >= 15 is 0 Å². The van der Waals surface area contributed by atoms with Gasteiger partial charge in [0.05, 0.1) is 0 Å². The number of pyridine rings is 1. The van der Waals surface area contributed by atoms with E-state index in [2.05, 4.69) is 10.3 Å². The number of nitrogens with zero attached hydrogens (tertiary/aromatic N) is 1. The molecule has 2 N–H and O–H groups in total. The van der Waals surface area contributed by atoms with E-state index in [1.807, 2.05) is 6.07 Å². The number of anilines is 2. The maximum absolute atomic E-state index is 13.0. The van der Waals surface area contributed by atoms with Crippen molar-refractivity contribution in [3.63, 3.8) is 0 Å². The Hall–Kier alpha value is -2.10. The summed E-state index contributed by atoms with van der Waals surface area (Å²) in [4.78, 5) is 4.03. The number of aromatic nitrogens is 1. The van der Waals surface area contributed by atoms with Crippen LogP contribution in [0.25, 0.3) is 0 Å². The molecule has 0 radical (unpaired) electrons. The monoisotopic (exact) mass is 204 g/mol. The summed E-state index contributed by atoms with van der Waals surface area (Å²) in [6, 6.07) is 9.47. The Balaban J connectivity index is 2.22. The highest BCUT2D eigenvalue weighted by Crippen LogP contribution is 2.21. The van der Waals surface area contributed by atoms with E-state index in [-0.39, 0.29) is 5.75 Å². The molecule has 0 atom stereocenters. The molecule has 1 heterocycles. The second-order valence-electron chi connectivity index (χ2n) is 3.01. The zero-order chi connectivity index (χ0) is 10.7. The van der Waals surface area contributed by atoms with Crippen LogP contribution in [0.1, 0.15) is 0 Å². The summed E-state index contributed by atoms with van der Waals surface area (Å²) >= 11 is 0. The molecule has 1 aromatic heterocycles. The number of benzene rings is 1. The minimum absolute atomic E-state index is 0.360. The highest BCUT2D eigenvalue weighted by atomic mass is 19.1. The van der Waals surface area contributed by atoms with Crippen LogP contribution in [0.5, 0.6) is 5.75 Å². The predicted octanol–water partition coefficient (Wildman–Crippen LogP) is 2.67. The van der Waals surface area contributed by atoms with Gasteiger partial charge < -0.3 is 10.4 Å². The molecule has 1 aromatic carbocycles. The van der Waals surface area contributed by atoms with Gasteiger partial charge in [-0.25, -0.2) is 9.37 Å². The average Bonchev–Trinajstić information content (AvgIpc) is 2.25. The molecule has 0 saturated carbocycles. The second-order valence-corrected chi connectivity index (χ2v) is 3.01. The second kappa shape index (κ2) is 3.96. The molecule has 3 nitrogen and oxygen atoms in total. The quantitative estimate of drug-likeness (QED) is 0.739. The molecular weight excluding hydrogens is 195 g/mol. The minimum atomic E-state index is -0.657. The standard InChI is InChI=1S/C11H9FN2O/c12-9-7-8(4-5-10(9)15)14-11-3-1-2-6-13-11/h1-7,15H,(H,13,14). The topological polar surface area (TPSA) is 45.1 Å². The van der Waals surface area contributed by atoms with Gasteiger partial charge in [-0.1, -0.05) is 6.07 Å². The normalized spacial score (nSPS) is 9.93. The SMILES string of the molecule is Oc1ccc(Nc2ccccn2)cc1F. The molecule has 2 aromatic rings. The Morgan fingerprint density at radius 1 is 1.20 bits per heavy atom. The summed E-state index contributed by atoms with van der Waals surface area (Å²) in [5, 5.41) is 11.9. The largest absolute Gasteiger partial charge is 0.505 e. The number of halogens is 1. The molecule has 0 aliphatic carbocycles. The van der Waals surface area contributed by atoms with Crippen molar-refractivity contribution in [3.8, 4) is 5.75 Å². The van der Waals surface area contributed by atoms with Crippen LogP contribution >= 0.6 is 0 Å². The van der Waals surface area contributed by atoms with E-state index in [4.69, 9.17) is 5.11 Å². The first-order valence-electron chi connectivity index (χ1n) is 4.42. The lowest BCUT2D eigenvalue weighted by molar-refractivity contribution is 0.432. The van der Waals surface area contributed by atoms with Gasteiger partial charge in [0.25, 0.3) is 0 Å². The highest BCUT2D eigenvalue weighted by molar-refractivity contribution is 5.56. The van der Waals surface area contributed by atoms with Crippen molar-refractivity contribution in [1.82, 2.24) is 4.98 Å². The van der Waals surface area contributed by atoms with Crippen molar-refractivity contribution < 1.29 is 9.50 Å². The zero-order valence-corrected chi connectivity index (χ0v) is 7.81. The van der Waals surface area contributed by atoms with Crippen LogP contribution in [-0.4, -0.2) is 10.1 Å². The fourth-order valence-corrected chi connectivity index (χ4v) is 1.17. The summed E-state index contributed by atoms with van der Waals surface area (Å²) < 4.78 is 13.0. The van der Waals surface area contributed by atoms with Gasteiger partial charge in [-0.2, -0.15) is 0 Å². The number of hydrogen-bond donors (Lipinski definition) is 2. The molecule has 0 unspecified atom stereocenters. The third-order valence-corrected chi connectivity index (χ3v) is 1.88.